The third-order valence-electron chi connectivity index (χ3n) is 7.07. The van der Waals surface area contributed by atoms with Gasteiger partial charge in [0, 0.05) is 25.6 Å². The van der Waals surface area contributed by atoms with Crippen molar-refractivity contribution >= 4 is 11.8 Å². The predicted molar refractivity (Wildman–Crippen MR) is 151 cm³/mol. The van der Waals surface area contributed by atoms with Crippen LogP contribution in [0.2, 0.25) is 0 Å². The standard InChI is InChI=1S/C30H46N4O4/c1-20(2)15-23(16-28(35)31-18-22-11-8-7-9-12-22)32-30(36)24-17-25(34(33-24)19-21(3)4)29-26(37-5)13-10-14-27(29)38-6/h10,13-14,17,20-23H,7-9,11-12,15-16,18-19H2,1-6H3,(H,31,35)(H,32,36)/t23-/m0/s1. The maximum Gasteiger partial charge on any atom is 0.272 e. The minimum absolute atomic E-state index is 0.00805. The topological polar surface area (TPSA) is 94.5 Å². The van der Waals surface area contributed by atoms with E-state index in [2.05, 4.69) is 43.4 Å². The molecule has 210 valence electrons. The van der Waals surface area contributed by atoms with E-state index in [-0.39, 0.29) is 24.3 Å². The van der Waals surface area contributed by atoms with Gasteiger partial charge in [0.1, 0.15) is 11.5 Å². The van der Waals surface area contributed by atoms with Gasteiger partial charge < -0.3 is 20.1 Å². The molecule has 0 bridgehead atoms. The Morgan fingerprint density at radius 2 is 1.68 bits per heavy atom. The molecular weight excluding hydrogens is 480 g/mol. The van der Waals surface area contributed by atoms with Crippen molar-refractivity contribution in [3.63, 3.8) is 0 Å². The summed E-state index contributed by atoms with van der Waals surface area (Å²) in [5, 5.41) is 10.9. The highest BCUT2D eigenvalue weighted by atomic mass is 16.5. The van der Waals surface area contributed by atoms with Gasteiger partial charge in [-0.3, -0.25) is 14.3 Å². The maximum atomic E-state index is 13.4. The fraction of sp³-hybridized carbons (Fsp3) is 0.633. The van der Waals surface area contributed by atoms with Crippen molar-refractivity contribution in [3.05, 3.63) is 30.0 Å². The summed E-state index contributed by atoms with van der Waals surface area (Å²) < 4.78 is 13.1. The Morgan fingerprint density at radius 1 is 1.03 bits per heavy atom. The zero-order valence-corrected chi connectivity index (χ0v) is 24.0. The first-order valence-corrected chi connectivity index (χ1v) is 14.1. The predicted octanol–water partition coefficient (Wildman–Crippen LogP) is 5.45. The third kappa shape index (κ3) is 8.23. The van der Waals surface area contributed by atoms with E-state index in [4.69, 9.17) is 9.47 Å². The minimum Gasteiger partial charge on any atom is -0.496 e. The lowest BCUT2D eigenvalue weighted by Crippen LogP contribution is -2.41. The largest absolute Gasteiger partial charge is 0.496 e. The van der Waals surface area contributed by atoms with Crippen molar-refractivity contribution in [1.82, 2.24) is 20.4 Å². The molecule has 8 nitrogen and oxygen atoms in total. The normalized spacial score (nSPS) is 14.9. The lowest BCUT2D eigenvalue weighted by Gasteiger charge is -2.23. The SMILES string of the molecule is COc1cccc(OC)c1-c1cc(C(=O)N[C@H](CC(=O)NCC2CCCCC2)CC(C)C)nn1CC(C)C. The van der Waals surface area contributed by atoms with Gasteiger partial charge in [0.25, 0.3) is 5.91 Å². The molecule has 8 heteroatoms. The molecule has 1 atom stereocenters. The summed E-state index contributed by atoms with van der Waals surface area (Å²) in [5.74, 6) is 2.22. The van der Waals surface area contributed by atoms with Crippen molar-refractivity contribution in [2.45, 2.75) is 85.2 Å². The molecule has 0 aliphatic heterocycles. The summed E-state index contributed by atoms with van der Waals surface area (Å²) in [6.07, 6.45) is 7.14. The van der Waals surface area contributed by atoms with Gasteiger partial charge in [-0.1, -0.05) is 53.0 Å². The second kappa shape index (κ2) is 14.2. The van der Waals surface area contributed by atoms with Crippen LogP contribution in [-0.4, -0.2) is 48.4 Å². The Labute approximate surface area is 227 Å². The number of benzene rings is 1. The molecule has 0 spiro atoms. The summed E-state index contributed by atoms with van der Waals surface area (Å²) >= 11 is 0. The van der Waals surface area contributed by atoms with E-state index in [1.165, 1.54) is 32.1 Å². The van der Waals surface area contributed by atoms with Crippen LogP contribution >= 0.6 is 0 Å². The molecule has 1 aromatic heterocycles. The molecule has 1 heterocycles. The van der Waals surface area contributed by atoms with Crippen molar-refractivity contribution in [2.24, 2.45) is 17.8 Å². The molecule has 38 heavy (non-hydrogen) atoms. The van der Waals surface area contributed by atoms with Crippen LogP contribution in [-0.2, 0) is 11.3 Å². The number of hydrogen-bond donors (Lipinski definition) is 2. The molecule has 2 amide bonds. The number of amides is 2. The second-order valence-corrected chi connectivity index (χ2v) is 11.3. The zero-order valence-electron chi connectivity index (χ0n) is 24.0. The molecule has 1 saturated carbocycles. The van der Waals surface area contributed by atoms with E-state index in [9.17, 15) is 9.59 Å². The molecular formula is C30H46N4O4. The van der Waals surface area contributed by atoms with Gasteiger partial charge in [0.15, 0.2) is 5.69 Å². The summed E-state index contributed by atoms with van der Waals surface area (Å²) in [6, 6.07) is 7.12. The summed E-state index contributed by atoms with van der Waals surface area (Å²) in [5.41, 5.74) is 1.82. The van der Waals surface area contributed by atoms with Crippen LogP contribution in [0.4, 0.5) is 0 Å². The number of rotatable bonds is 13. The van der Waals surface area contributed by atoms with E-state index >= 15 is 0 Å². The smallest absolute Gasteiger partial charge is 0.272 e. The van der Waals surface area contributed by atoms with Crippen LogP contribution in [0, 0.1) is 17.8 Å². The van der Waals surface area contributed by atoms with E-state index in [1.807, 2.05) is 22.9 Å². The van der Waals surface area contributed by atoms with Gasteiger partial charge >= 0.3 is 0 Å². The number of methoxy groups -OCH3 is 2. The first kappa shape index (κ1) is 29.5. The minimum atomic E-state index is -0.284. The van der Waals surface area contributed by atoms with Crippen LogP contribution in [0.3, 0.4) is 0 Å². The van der Waals surface area contributed by atoms with Crippen molar-refractivity contribution in [3.8, 4) is 22.8 Å². The average molecular weight is 527 g/mol. The van der Waals surface area contributed by atoms with Crippen LogP contribution < -0.4 is 20.1 Å². The Hall–Kier alpha value is -3.03. The Kier molecular flexibility index (Phi) is 11.0. The van der Waals surface area contributed by atoms with E-state index in [1.54, 1.807) is 20.3 Å². The highest BCUT2D eigenvalue weighted by molar-refractivity contribution is 5.94. The monoisotopic (exact) mass is 526 g/mol. The fourth-order valence-electron chi connectivity index (χ4n) is 5.28. The first-order chi connectivity index (χ1) is 18.2. The Bertz CT molecular complexity index is 1030. The van der Waals surface area contributed by atoms with E-state index in [0.717, 1.165) is 17.8 Å². The molecule has 0 saturated heterocycles. The van der Waals surface area contributed by atoms with Gasteiger partial charge in [0.2, 0.25) is 5.91 Å². The first-order valence-electron chi connectivity index (χ1n) is 14.1. The van der Waals surface area contributed by atoms with Gasteiger partial charge in [-0.15, -0.1) is 0 Å². The number of ether oxygens (including phenoxy) is 2. The molecule has 2 N–H and O–H groups in total. The number of nitrogens with one attached hydrogen (secondary N) is 2. The summed E-state index contributed by atoms with van der Waals surface area (Å²) in [4.78, 5) is 26.2. The molecule has 0 radical (unpaired) electrons. The fourth-order valence-corrected chi connectivity index (χ4v) is 5.28. The summed E-state index contributed by atoms with van der Waals surface area (Å²) in [6.45, 7) is 9.77. The third-order valence-corrected chi connectivity index (χ3v) is 7.07. The van der Waals surface area contributed by atoms with E-state index in [0.29, 0.717) is 47.9 Å². The summed E-state index contributed by atoms with van der Waals surface area (Å²) in [7, 11) is 3.23. The molecule has 1 aromatic carbocycles. The van der Waals surface area contributed by atoms with Crippen LogP contribution in [0.25, 0.3) is 11.3 Å². The number of hydrogen-bond acceptors (Lipinski definition) is 5. The lowest BCUT2D eigenvalue weighted by atomic mass is 9.89. The van der Waals surface area contributed by atoms with Crippen molar-refractivity contribution in [1.29, 1.82) is 0 Å². The van der Waals surface area contributed by atoms with Gasteiger partial charge in [-0.25, -0.2) is 0 Å². The van der Waals surface area contributed by atoms with Crippen LogP contribution in [0.15, 0.2) is 24.3 Å². The Morgan fingerprint density at radius 3 is 2.26 bits per heavy atom. The Balaban J connectivity index is 1.79. The number of nitrogens with zero attached hydrogens (tertiary/aromatic N) is 2. The maximum absolute atomic E-state index is 13.4. The second-order valence-electron chi connectivity index (χ2n) is 11.3. The number of aromatic nitrogens is 2. The quantitative estimate of drug-likeness (QED) is 0.362. The molecule has 2 aromatic rings. The van der Waals surface area contributed by atoms with E-state index < -0.39 is 0 Å². The van der Waals surface area contributed by atoms with Gasteiger partial charge in [0.05, 0.1) is 25.5 Å². The van der Waals surface area contributed by atoms with Crippen molar-refractivity contribution < 1.29 is 19.1 Å². The van der Waals surface area contributed by atoms with Crippen LogP contribution in [0.5, 0.6) is 11.5 Å². The highest BCUT2D eigenvalue weighted by Crippen LogP contribution is 2.38. The molecule has 1 aliphatic carbocycles. The molecule has 0 unspecified atom stereocenters. The van der Waals surface area contributed by atoms with Crippen molar-refractivity contribution in [2.75, 3.05) is 20.8 Å². The van der Waals surface area contributed by atoms with Crippen LogP contribution in [0.1, 0.15) is 83.1 Å². The lowest BCUT2D eigenvalue weighted by molar-refractivity contribution is -0.121. The molecule has 3 rings (SSSR count). The average Bonchev–Trinajstić information content (AvgIpc) is 3.29. The highest BCUT2D eigenvalue weighted by Gasteiger charge is 2.25. The zero-order chi connectivity index (χ0) is 27.7. The number of carbonyl (C=O) groups is 2. The molecule has 1 aliphatic rings. The molecule has 1 fully saturated rings. The van der Waals surface area contributed by atoms with Gasteiger partial charge in [-0.05, 0) is 55.2 Å². The van der Waals surface area contributed by atoms with Gasteiger partial charge in [-0.2, -0.15) is 5.10 Å². The number of carbonyl (C=O) groups excluding carboxylic acids is 2.